The highest BCUT2D eigenvalue weighted by molar-refractivity contribution is 6.17. The first-order valence-corrected chi connectivity index (χ1v) is 6.42. The van der Waals surface area contributed by atoms with Crippen molar-refractivity contribution in [2.24, 2.45) is 5.41 Å². The molecular weight excluding hydrogens is 284 g/mol. The van der Waals surface area contributed by atoms with Crippen LogP contribution in [0, 0.1) is 5.41 Å². The minimum Gasteiger partial charge on any atom is -0.479 e. The molecule has 0 aromatic carbocycles. The summed E-state index contributed by atoms with van der Waals surface area (Å²) >= 11 is 5.51. The molecule has 19 heavy (non-hydrogen) atoms. The second-order valence-corrected chi connectivity index (χ2v) is 5.71. The average Bonchev–Trinajstić information content (AvgIpc) is 2.68. The molecular formula is C11H14ClF2NO4. The van der Waals surface area contributed by atoms with E-state index in [9.17, 15) is 23.5 Å². The van der Waals surface area contributed by atoms with Gasteiger partial charge in [0, 0.05) is 18.8 Å². The molecule has 1 heterocycles. The number of halogens is 3. The van der Waals surface area contributed by atoms with Crippen molar-refractivity contribution in [3.63, 3.8) is 0 Å². The van der Waals surface area contributed by atoms with Crippen LogP contribution in [0.3, 0.4) is 0 Å². The molecule has 2 N–H and O–H groups in total. The Hall–Kier alpha value is -1.11. The predicted octanol–water partition coefficient (Wildman–Crippen LogP) is 2.24. The summed E-state index contributed by atoms with van der Waals surface area (Å²) in [4.78, 5) is 23.3. The van der Waals surface area contributed by atoms with Gasteiger partial charge in [-0.05, 0) is 19.3 Å². The van der Waals surface area contributed by atoms with Gasteiger partial charge in [0.2, 0.25) is 0 Å². The predicted molar refractivity (Wildman–Crippen MR) is 61.7 cm³/mol. The van der Waals surface area contributed by atoms with Crippen LogP contribution in [-0.4, -0.2) is 51.1 Å². The van der Waals surface area contributed by atoms with Crippen molar-refractivity contribution in [1.82, 2.24) is 4.90 Å². The molecule has 0 aromatic heterocycles. The van der Waals surface area contributed by atoms with Crippen LogP contribution in [0.4, 0.5) is 13.6 Å². The first-order chi connectivity index (χ1) is 8.71. The number of likely N-dealkylation sites (tertiary alicyclic amines) is 1. The Bertz CT molecular complexity index is 433. The summed E-state index contributed by atoms with van der Waals surface area (Å²) in [7, 11) is 0. The largest absolute Gasteiger partial charge is 0.479 e. The van der Waals surface area contributed by atoms with Crippen molar-refractivity contribution >= 4 is 23.7 Å². The summed E-state index contributed by atoms with van der Waals surface area (Å²) in [6.45, 7) is -0.427. The van der Waals surface area contributed by atoms with Gasteiger partial charge in [-0.3, -0.25) is 4.90 Å². The molecule has 0 radical (unpaired) electrons. The van der Waals surface area contributed by atoms with Gasteiger partial charge in [-0.15, -0.1) is 11.6 Å². The molecule has 1 amide bonds. The highest BCUT2D eigenvalue weighted by Crippen LogP contribution is 2.68. The monoisotopic (exact) mass is 297 g/mol. The molecule has 1 unspecified atom stereocenters. The number of hydrogen-bond acceptors (Lipinski definition) is 2. The van der Waals surface area contributed by atoms with Crippen LogP contribution < -0.4 is 0 Å². The SMILES string of the molecule is O=C(O)N1C[C@]2(CC1(CCCCl)C(=O)O)CC2(F)F. The number of alkyl halides is 3. The topological polar surface area (TPSA) is 77.8 Å². The lowest BCUT2D eigenvalue weighted by Gasteiger charge is -2.32. The first kappa shape index (κ1) is 14.3. The van der Waals surface area contributed by atoms with Crippen LogP contribution in [0.1, 0.15) is 25.7 Å². The lowest BCUT2D eigenvalue weighted by Crippen LogP contribution is -2.52. The van der Waals surface area contributed by atoms with Gasteiger partial charge >= 0.3 is 12.1 Å². The van der Waals surface area contributed by atoms with E-state index in [1.54, 1.807) is 0 Å². The number of amides is 1. The molecule has 5 nitrogen and oxygen atoms in total. The van der Waals surface area contributed by atoms with Gasteiger partial charge in [-0.25, -0.2) is 18.4 Å². The zero-order valence-corrected chi connectivity index (χ0v) is 10.8. The third kappa shape index (κ3) is 1.94. The summed E-state index contributed by atoms with van der Waals surface area (Å²) in [5.41, 5.74) is -3.28. The third-order valence-electron chi connectivity index (χ3n) is 4.17. The number of hydrogen-bond donors (Lipinski definition) is 2. The molecule has 2 atom stereocenters. The second kappa shape index (κ2) is 4.19. The summed E-state index contributed by atoms with van der Waals surface area (Å²) < 4.78 is 26.8. The zero-order chi connectivity index (χ0) is 14.5. The van der Waals surface area contributed by atoms with Crippen LogP contribution in [0.15, 0.2) is 0 Å². The molecule has 1 saturated carbocycles. The first-order valence-electron chi connectivity index (χ1n) is 5.89. The third-order valence-corrected chi connectivity index (χ3v) is 4.44. The van der Waals surface area contributed by atoms with Gasteiger partial charge in [-0.1, -0.05) is 0 Å². The zero-order valence-electron chi connectivity index (χ0n) is 10.0. The van der Waals surface area contributed by atoms with E-state index < -0.39 is 41.9 Å². The molecule has 1 saturated heterocycles. The summed E-state index contributed by atoms with van der Waals surface area (Å²) in [5.74, 6) is -4.19. The highest BCUT2D eigenvalue weighted by Gasteiger charge is 2.78. The van der Waals surface area contributed by atoms with Gasteiger partial charge in [0.25, 0.3) is 5.92 Å². The standard InChI is InChI=1S/C11H14ClF2NO4/c12-3-1-2-10(7(16)17)4-9(5-11(9,13)14)6-15(10)8(18)19/h1-6H2,(H,16,17)(H,18,19)/t9-,10?/m0/s1. The molecule has 108 valence electrons. The van der Waals surface area contributed by atoms with Crippen LogP contribution in [0.2, 0.25) is 0 Å². The highest BCUT2D eigenvalue weighted by atomic mass is 35.5. The van der Waals surface area contributed by atoms with Gasteiger partial charge in [0.05, 0.1) is 5.41 Å². The number of rotatable bonds is 4. The minimum absolute atomic E-state index is 0.0457. The lowest BCUT2D eigenvalue weighted by atomic mass is 9.86. The molecule has 2 rings (SSSR count). The Labute approximate surface area is 113 Å². The second-order valence-electron chi connectivity index (χ2n) is 5.34. The van der Waals surface area contributed by atoms with E-state index in [1.165, 1.54) is 0 Å². The van der Waals surface area contributed by atoms with E-state index >= 15 is 0 Å². The van der Waals surface area contributed by atoms with Crippen LogP contribution in [0.25, 0.3) is 0 Å². The maximum Gasteiger partial charge on any atom is 0.408 e. The van der Waals surface area contributed by atoms with Crippen molar-refractivity contribution < 1.29 is 28.6 Å². The Balaban J connectivity index is 2.34. The molecule has 8 heteroatoms. The molecule has 1 aliphatic heterocycles. The molecule has 2 aliphatic rings. The van der Waals surface area contributed by atoms with Crippen molar-refractivity contribution in [1.29, 1.82) is 0 Å². The van der Waals surface area contributed by atoms with E-state index in [4.69, 9.17) is 16.7 Å². The Morgan fingerprint density at radius 1 is 1.26 bits per heavy atom. The molecule has 1 spiro atoms. The fraction of sp³-hybridized carbons (Fsp3) is 0.818. The van der Waals surface area contributed by atoms with Crippen molar-refractivity contribution in [3.8, 4) is 0 Å². The van der Waals surface area contributed by atoms with Gasteiger partial charge in [0.15, 0.2) is 0 Å². The Morgan fingerprint density at radius 2 is 1.84 bits per heavy atom. The van der Waals surface area contributed by atoms with Crippen LogP contribution in [0.5, 0.6) is 0 Å². The minimum atomic E-state index is -2.97. The van der Waals surface area contributed by atoms with Gasteiger partial charge in [-0.2, -0.15) is 0 Å². The van der Waals surface area contributed by atoms with Crippen LogP contribution >= 0.6 is 11.6 Å². The summed E-state index contributed by atoms with van der Waals surface area (Å²) in [6, 6.07) is 0. The Morgan fingerprint density at radius 3 is 2.21 bits per heavy atom. The van der Waals surface area contributed by atoms with Crippen molar-refractivity contribution in [2.45, 2.75) is 37.1 Å². The van der Waals surface area contributed by atoms with Crippen molar-refractivity contribution in [3.05, 3.63) is 0 Å². The number of carboxylic acid groups (broad SMARTS) is 2. The quantitative estimate of drug-likeness (QED) is 0.780. The average molecular weight is 298 g/mol. The fourth-order valence-electron chi connectivity index (χ4n) is 3.04. The van der Waals surface area contributed by atoms with Gasteiger partial charge in [0.1, 0.15) is 5.54 Å². The smallest absolute Gasteiger partial charge is 0.408 e. The Kier molecular flexibility index (Phi) is 3.16. The number of nitrogens with zero attached hydrogens (tertiary/aromatic N) is 1. The maximum absolute atomic E-state index is 13.4. The molecule has 0 bridgehead atoms. The summed E-state index contributed by atoms with van der Waals surface area (Å²) in [5, 5.41) is 18.5. The maximum atomic E-state index is 13.4. The number of carboxylic acids is 1. The summed E-state index contributed by atoms with van der Waals surface area (Å²) in [6.07, 6.45) is -2.04. The molecule has 0 aromatic rings. The normalized spacial score (nSPS) is 35.6. The van der Waals surface area contributed by atoms with E-state index in [-0.39, 0.29) is 25.1 Å². The van der Waals surface area contributed by atoms with E-state index in [0.717, 1.165) is 0 Å². The fourth-order valence-corrected chi connectivity index (χ4v) is 3.17. The van der Waals surface area contributed by atoms with Gasteiger partial charge < -0.3 is 10.2 Å². The van der Waals surface area contributed by atoms with Crippen molar-refractivity contribution in [2.75, 3.05) is 12.4 Å². The lowest BCUT2D eigenvalue weighted by molar-refractivity contribution is -0.149. The van der Waals surface area contributed by atoms with E-state index in [0.29, 0.717) is 4.90 Å². The van der Waals surface area contributed by atoms with E-state index in [2.05, 4.69) is 0 Å². The van der Waals surface area contributed by atoms with Crippen LogP contribution in [-0.2, 0) is 4.79 Å². The number of carbonyl (C=O) groups is 2. The molecule has 1 aliphatic carbocycles. The molecule has 2 fully saturated rings. The number of aliphatic carboxylic acids is 1. The van der Waals surface area contributed by atoms with E-state index in [1.807, 2.05) is 0 Å².